The third kappa shape index (κ3) is 4.75. The van der Waals surface area contributed by atoms with Crippen LogP contribution in [0, 0.1) is 5.92 Å². The topological polar surface area (TPSA) is 98.8 Å². The van der Waals surface area contributed by atoms with Crippen LogP contribution in [0.4, 0.5) is 4.79 Å². The molecule has 1 saturated carbocycles. The Bertz CT molecular complexity index is 938. The summed E-state index contributed by atoms with van der Waals surface area (Å²) in [5.41, 5.74) is 1.47. The number of benzene rings is 1. The van der Waals surface area contributed by atoms with Gasteiger partial charge >= 0.3 is 6.03 Å². The number of nitrogens with zero attached hydrogens (tertiary/aromatic N) is 2. The third-order valence-electron chi connectivity index (χ3n) is 7.02. The molecule has 2 N–H and O–H groups in total. The number of fused-ring (bicyclic) bond motifs is 1. The molecule has 0 bridgehead atoms. The smallest absolute Gasteiger partial charge is 0.325 e. The minimum absolute atomic E-state index is 0.0131. The van der Waals surface area contributed by atoms with E-state index in [1.165, 1.54) is 4.90 Å². The maximum Gasteiger partial charge on any atom is 0.325 e. The summed E-state index contributed by atoms with van der Waals surface area (Å²) in [5.74, 6) is -0.122. The van der Waals surface area contributed by atoms with Crippen LogP contribution in [-0.2, 0) is 27.3 Å². The molecule has 1 unspecified atom stereocenters. The normalized spacial score (nSPS) is 21.5. The molecule has 1 atom stereocenters. The predicted molar refractivity (Wildman–Crippen MR) is 123 cm³/mol. The largest absolute Gasteiger partial charge is 0.354 e. The maximum absolute atomic E-state index is 13.1. The molecule has 1 aliphatic carbocycles. The van der Waals surface area contributed by atoms with Crippen LogP contribution in [0.1, 0.15) is 63.5 Å². The Morgan fingerprint density at radius 2 is 1.85 bits per heavy atom. The van der Waals surface area contributed by atoms with E-state index in [-0.39, 0.29) is 36.2 Å². The lowest BCUT2D eigenvalue weighted by atomic mass is 9.92. The quantitative estimate of drug-likeness (QED) is 0.488. The van der Waals surface area contributed by atoms with Crippen molar-refractivity contribution in [2.24, 2.45) is 5.92 Å². The van der Waals surface area contributed by atoms with E-state index in [9.17, 15) is 19.2 Å². The van der Waals surface area contributed by atoms with Crippen molar-refractivity contribution < 1.29 is 19.2 Å². The molecule has 2 aliphatic heterocycles. The first-order valence-electron chi connectivity index (χ1n) is 12.1. The molecule has 1 aromatic rings. The molecule has 0 aromatic heterocycles. The average Bonchev–Trinajstić information content (AvgIpc) is 3.34. The van der Waals surface area contributed by atoms with E-state index in [1.807, 2.05) is 38.1 Å². The highest BCUT2D eigenvalue weighted by Crippen LogP contribution is 2.35. The van der Waals surface area contributed by atoms with E-state index in [0.717, 1.165) is 24.0 Å². The van der Waals surface area contributed by atoms with Crippen LogP contribution in [0.15, 0.2) is 24.3 Å². The standard InChI is InChI=1S/C25H34N4O4/c1-17(2)14-21(30)29-16-19-9-4-3-8-18(19)15-20(29)22(31)26-12-7-13-28-23(32)25(27-24(28)33)10-5-6-11-25/h3-4,8-9,17,20H,5-7,10-16H2,1-2H3,(H,26,31)(H,27,33). The number of rotatable bonds is 7. The van der Waals surface area contributed by atoms with Gasteiger partial charge in [0.25, 0.3) is 5.91 Å². The van der Waals surface area contributed by atoms with Gasteiger partial charge in [0.15, 0.2) is 0 Å². The summed E-state index contributed by atoms with van der Waals surface area (Å²) in [4.78, 5) is 54.0. The van der Waals surface area contributed by atoms with E-state index in [0.29, 0.717) is 45.2 Å². The van der Waals surface area contributed by atoms with E-state index >= 15 is 0 Å². The Hall–Kier alpha value is -2.90. The second-order valence-corrected chi connectivity index (χ2v) is 9.93. The summed E-state index contributed by atoms with van der Waals surface area (Å²) in [5, 5.41) is 5.81. The number of urea groups is 1. The van der Waals surface area contributed by atoms with Crippen molar-refractivity contribution in [2.75, 3.05) is 13.1 Å². The lowest BCUT2D eigenvalue weighted by Crippen LogP contribution is -2.53. The van der Waals surface area contributed by atoms with Crippen molar-refractivity contribution in [3.63, 3.8) is 0 Å². The highest BCUT2D eigenvalue weighted by atomic mass is 16.2. The summed E-state index contributed by atoms with van der Waals surface area (Å²) >= 11 is 0. The molecule has 1 spiro atoms. The van der Waals surface area contributed by atoms with Gasteiger partial charge in [-0.25, -0.2) is 4.79 Å². The number of hydrogen-bond donors (Lipinski definition) is 2. The molecular formula is C25H34N4O4. The van der Waals surface area contributed by atoms with Gasteiger partial charge in [0.1, 0.15) is 11.6 Å². The number of nitrogens with one attached hydrogen (secondary N) is 2. The Balaban J connectivity index is 1.34. The molecule has 178 valence electrons. The Kier molecular flexibility index (Phi) is 6.72. The first kappa shape index (κ1) is 23.3. The van der Waals surface area contributed by atoms with Crippen molar-refractivity contribution in [3.05, 3.63) is 35.4 Å². The van der Waals surface area contributed by atoms with Gasteiger partial charge in [0, 0.05) is 32.5 Å². The molecule has 4 rings (SSSR count). The Labute approximate surface area is 195 Å². The summed E-state index contributed by atoms with van der Waals surface area (Å²) in [6.07, 6.45) is 4.67. The number of carbonyl (C=O) groups excluding carboxylic acids is 4. The molecule has 33 heavy (non-hydrogen) atoms. The molecule has 3 aliphatic rings. The van der Waals surface area contributed by atoms with Gasteiger partial charge in [-0.1, -0.05) is 51.0 Å². The third-order valence-corrected chi connectivity index (χ3v) is 7.02. The highest BCUT2D eigenvalue weighted by molar-refractivity contribution is 6.07. The predicted octanol–water partition coefficient (Wildman–Crippen LogP) is 2.36. The zero-order valence-corrected chi connectivity index (χ0v) is 19.6. The fraction of sp³-hybridized carbons (Fsp3) is 0.600. The van der Waals surface area contributed by atoms with Gasteiger partial charge < -0.3 is 15.5 Å². The highest BCUT2D eigenvalue weighted by Gasteiger charge is 2.52. The fourth-order valence-electron chi connectivity index (χ4n) is 5.25. The maximum atomic E-state index is 13.1. The fourth-order valence-corrected chi connectivity index (χ4v) is 5.25. The van der Waals surface area contributed by atoms with Crippen molar-refractivity contribution in [2.45, 2.75) is 76.9 Å². The van der Waals surface area contributed by atoms with Crippen LogP contribution in [0.25, 0.3) is 0 Å². The molecular weight excluding hydrogens is 420 g/mol. The van der Waals surface area contributed by atoms with Crippen molar-refractivity contribution in [3.8, 4) is 0 Å². The van der Waals surface area contributed by atoms with Crippen LogP contribution < -0.4 is 10.6 Å². The van der Waals surface area contributed by atoms with E-state index in [4.69, 9.17) is 0 Å². The van der Waals surface area contributed by atoms with Crippen LogP contribution in [0.3, 0.4) is 0 Å². The molecule has 2 heterocycles. The lowest BCUT2D eigenvalue weighted by Gasteiger charge is -2.36. The van der Waals surface area contributed by atoms with Crippen LogP contribution >= 0.6 is 0 Å². The van der Waals surface area contributed by atoms with Crippen LogP contribution in [-0.4, -0.2) is 58.2 Å². The number of hydrogen-bond acceptors (Lipinski definition) is 4. The van der Waals surface area contributed by atoms with E-state index in [2.05, 4.69) is 10.6 Å². The molecule has 1 saturated heterocycles. The zero-order valence-electron chi connectivity index (χ0n) is 19.6. The Morgan fingerprint density at radius 1 is 1.15 bits per heavy atom. The van der Waals surface area contributed by atoms with Crippen molar-refractivity contribution >= 4 is 23.8 Å². The SMILES string of the molecule is CC(C)CC(=O)N1Cc2ccccc2CC1C(=O)NCCCN1C(=O)NC2(CCCC2)C1=O. The minimum atomic E-state index is -0.701. The minimum Gasteiger partial charge on any atom is -0.354 e. The molecule has 2 fully saturated rings. The van der Waals surface area contributed by atoms with Crippen molar-refractivity contribution in [1.29, 1.82) is 0 Å². The van der Waals surface area contributed by atoms with E-state index in [1.54, 1.807) is 4.90 Å². The number of amides is 5. The number of carbonyl (C=O) groups is 4. The van der Waals surface area contributed by atoms with Gasteiger partial charge in [0.05, 0.1) is 0 Å². The molecule has 8 nitrogen and oxygen atoms in total. The second-order valence-electron chi connectivity index (χ2n) is 9.93. The monoisotopic (exact) mass is 454 g/mol. The molecule has 1 aromatic carbocycles. The second kappa shape index (κ2) is 9.53. The summed E-state index contributed by atoms with van der Waals surface area (Å²) in [7, 11) is 0. The van der Waals surface area contributed by atoms with Crippen molar-refractivity contribution in [1.82, 2.24) is 20.4 Å². The zero-order chi connectivity index (χ0) is 23.6. The van der Waals surface area contributed by atoms with Gasteiger partial charge in [-0.05, 0) is 36.3 Å². The average molecular weight is 455 g/mol. The van der Waals surface area contributed by atoms with Gasteiger partial charge in [-0.2, -0.15) is 0 Å². The van der Waals surface area contributed by atoms with Gasteiger partial charge in [-0.15, -0.1) is 0 Å². The molecule has 0 radical (unpaired) electrons. The van der Waals surface area contributed by atoms with Gasteiger partial charge in [-0.3, -0.25) is 19.3 Å². The molecule has 5 amide bonds. The summed E-state index contributed by atoms with van der Waals surface area (Å²) < 4.78 is 0. The molecule has 8 heteroatoms. The lowest BCUT2D eigenvalue weighted by molar-refractivity contribution is -0.142. The summed E-state index contributed by atoms with van der Waals surface area (Å²) in [6.45, 7) is 5.04. The first-order chi connectivity index (χ1) is 15.8. The van der Waals surface area contributed by atoms with Gasteiger partial charge in [0.2, 0.25) is 11.8 Å². The number of imide groups is 1. The van der Waals surface area contributed by atoms with Crippen LogP contribution in [0.5, 0.6) is 0 Å². The van der Waals surface area contributed by atoms with E-state index < -0.39 is 11.6 Å². The summed E-state index contributed by atoms with van der Waals surface area (Å²) in [6, 6.07) is 7.04. The Morgan fingerprint density at radius 3 is 2.55 bits per heavy atom. The van der Waals surface area contributed by atoms with Crippen LogP contribution in [0.2, 0.25) is 0 Å². The first-order valence-corrected chi connectivity index (χ1v) is 12.1.